The van der Waals surface area contributed by atoms with E-state index >= 15 is 0 Å². The lowest BCUT2D eigenvalue weighted by Gasteiger charge is -2.27. The summed E-state index contributed by atoms with van der Waals surface area (Å²) in [5.41, 5.74) is 2.14. The summed E-state index contributed by atoms with van der Waals surface area (Å²) in [6, 6.07) is 2.35. The number of nitriles is 1. The summed E-state index contributed by atoms with van der Waals surface area (Å²) in [5.74, 6) is -0.0248. The largest absolute Gasteiger partial charge is 0.372 e. The van der Waals surface area contributed by atoms with Crippen molar-refractivity contribution in [3.63, 3.8) is 0 Å². The van der Waals surface area contributed by atoms with Gasteiger partial charge >= 0.3 is 0 Å². The van der Waals surface area contributed by atoms with Gasteiger partial charge in [0, 0.05) is 25.4 Å². The smallest absolute Gasteiger partial charge is 0.102 e. The van der Waals surface area contributed by atoms with E-state index in [4.69, 9.17) is 10.00 Å². The molecule has 86 valence electrons. The average Bonchev–Trinajstić information content (AvgIpc) is 2.70. The Morgan fingerprint density at radius 3 is 3.19 bits per heavy atom. The van der Waals surface area contributed by atoms with Crippen LogP contribution in [-0.2, 0) is 18.2 Å². The third kappa shape index (κ3) is 1.96. The highest BCUT2D eigenvalue weighted by atomic mass is 16.5. The summed E-state index contributed by atoms with van der Waals surface area (Å²) < 4.78 is 7.55. The van der Waals surface area contributed by atoms with Gasteiger partial charge < -0.3 is 4.74 Å². The van der Waals surface area contributed by atoms with Crippen molar-refractivity contribution < 1.29 is 4.74 Å². The second kappa shape index (κ2) is 4.67. The summed E-state index contributed by atoms with van der Waals surface area (Å²) in [7, 11) is 1.91. The van der Waals surface area contributed by atoms with Crippen LogP contribution in [0.15, 0.2) is 6.20 Å². The maximum absolute atomic E-state index is 9.14. The monoisotopic (exact) mass is 219 g/mol. The lowest BCUT2D eigenvalue weighted by atomic mass is 9.90. The highest BCUT2D eigenvalue weighted by molar-refractivity contribution is 5.23. The summed E-state index contributed by atoms with van der Waals surface area (Å²) in [4.78, 5) is 0. The highest BCUT2D eigenvalue weighted by Gasteiger charge is 2.30. The second-order valence-electron chi connectivity index (χ2n) is 4.23. The van der Waals surface area contributed by atoms with Gasteiger partial charge in [0.15, 0.2) is 0 Å². The van der Waals surface area contributed by atoms with E-state index in [9.17, 15) is 0 Å². The molecule has 0 radical (unpaired) electrons. The van der Waals surface area contributed by atoms with Crippen LogP contribution < -0.4 is 0 Å². The summed E-state index contributed by atoms with van der Waals surface area (Å²) in [5, 5.41) is 13.5. The predicted octanol–water partition coefficient (Wildman–Crippen LogP) is 1.97. The summed E-state index contributed by atoms with van der Waals surface area (Å²) >= 11 is 0. The number of hydrogen-bond acceptors (Lipinski definition) is 3. The minimum atomic E-state index is -0.0811. The molecular weight excluding hydrogens is 202 g/mol. The van der Waals surface area contributed by atoms with E-state index in [-0.39, 0.29) is 12.0 Å². The van der Waals surface area contributed by atoms with Gasteiger partial charge in [-0.3, -0.25) is 4.68 Å². The molecule has 1 aliphatic heterocycles. The van der Waals surface area contributed by atoms with E-state index in [0.717, 1.165) is 37.1 Å². The normalized spacial score (nSPS) is 25.3. The molecule has 2 rings (SSSR count). The Morgan fingerprint density at radius 1 is 1.69 bits per heavy atom. The highest BCUT2D eigenvalue weighted by Crippen LogP contribution is 2.34. The Bertz CT molecular complexity index is 405. The zero-order valence-corrected chi connectivity index (χ0v) is 9.81. The predicted molar refractivity (Wildman–Crippen MR) is 59.6 cm³/mol. The molecule has 0 N–H and O–H groups in total. The fourth-order valence-corrected chi connectivity index (χ4v) is 2.29. The first-order valence-electron chi connectivity index (χ1n) is 5.80. The topological polar surface area (TPSA) is 50.8 Å². The van der Waals surface area contributed by atoms with Crippen LogP contribution >= 0.6 is 0 Å². The van der Waals surface area contributed by atoms with Gasteiger partial charge in [-0.1, -0.05) is 6.92 Å². The van der Waals surface area contributed by atoms with Crippen molar-refractivity contribution in [3.8, 4) is 6.07 Å². The molecule has 0 amide bonds. The zero-order chi connectivity index (χ0) is 11.5. The molecule has 0 aromatic carbocycles. The van der Waals surface area contributed by atoms with E-state index in [2.05, 4.69) is 18.1 Å². The van der Waals surface area contributed by atoms with Crippen LogP contribution in [-0.4, -0.2) is 16.4 Å². The van der Waals surface area contributed by atoms with Gasteiger partial charge in [-0.25, -0.2) is 0 Å². The Morgan fingerprint density at radius 2 is 2.50 bits per heavy atom. The van der Waals surface area contributed by atoms with Gasteiger partial charge in [0.1, 0.15) is 6.10 Å². The molecule has 2 heterocycles. The quantitative estimate of drug-likeness (QED) is 0.764. The molecular formula is C12H17N3O. The Balaban J connectivity index is 2.30. The molecule has 0 bridgehead atoms. The van der Waals surface area contributed by atoms with Gasteiger partial charge in [0.25, 0.3) is 0 Å². The number of aromatic nitrogens is 2. The van der Waals surface area contributed by atoms with E-state index in [1.807, 2.05) is 13.2 Å². The molecule has 1 aromatic heterocycles. The molecule has 4 heteroatoms. The van der Waals surface area contributed by atoms with Gasteiger partial charge in [0.2, 0.25) is 0 Å². The Hall–Kier alpha value is -1.34. The second-order valence-corrected chi connectivity index (χ2v) is 4.23. The van der Waals surface area contributed by atoms with Crippen molar-refractivity contribution in [3.05, 3.63) is 17.5 Å². The third-order valence-electron chi connectivity index (χ3n) is 3.07. The van der Waals surface area contributed by atoms with E-state index in [1.54, 1.807) is 4.68 Å². The number of nitrogens with zero attached hydrogens (tertiary/aromatic N) is 3. The molecule has 2 atom stereocenters. The van der Waals surface area contributed by atoms with Crippen molar-refractivity contribution in [2.45, 2.75) is 32.3 Å². The van der Waals surface area contributed by atoms with Crippen molar-refractivity contribution in [1.29, 1.82) is 5.26 Å². The summed E-state index contributed by atoms with van der Waals surface area (Å²) in [6.45, 7) is 2.83. The lowest BCUT2D eigenvalue weighted by Crippen LogP contribution is -2.21. The first-order valence-corrected chi connectivity index (χ1v) is 5.80. The van der Waals surface area contributed by atoms with Crippen molar-refractivity contribution >= 4 is 0 Å². The molecule has 1 aliphatic rings. The molecule has 1 saturated heterocycles. The van der Waals surface area contributed by atoms with E-state index < -0.39 is 0 Å². The zero-order valence-electron chi connectivity index (χ0n) is 9.81. The van der Waals surface area contributed by atoms with Crippen LogP contribution in [0.4, 0.5) is 0 Å². The van der Waals surface area contributed by atoms with Crippen LogP contribution in [0.2, 0.25) is 0 Å². The molecule has 0 spiro atoms. The number of hydrogen-bond donors (Lipinski definition) is 0. The van der Waals surface area contributed by atoms with Gasteiger partial charge in [-0.2, -0.15) is 10.4 Å². The van der Waals surface area contributed by atoms with Gasteiger partial charge in [0.05, 0.1) is 17.7 Å². The number of aryl methyl sites for hydroxylation is 2. The molecule has 0 aliphatic carbocycles. The SMILES string of the molecule is CCc1nn(C)cc1C1OCCCC1C#N. The van der Waals surface area contributed by atoms with Crippen molar-refractivity contribution in [2.24, 2.45) is 13.0 Å². The molecule has 4 nitrogen and oxygen atoms in total. The average molecular weight is 219 g/mol. The van der Waals surface area contributed by atoms with Crippen LogP contribution in [0, 0.1) is 17.2 Å². The molecule has 0 saturated carbocycles. The van der Waals surface area contributed by atoms with Crippen LogP contribution in [0.3, 0.4) is 0 Å². The van der Waals surface area contributed by atoms with Crippen molar-refractivity contribution in [1.82, 2.24) is 9.78 Å². The fraction of sp³-hybridized carbons (Fsp3) is 0.667. The van der Waals surface area contributed by atoms with Crippen molar-refractivity contribution in [2.75, 3.05) is 6.61 Å². The third-order valence-corrected chi connectivity index (χ3v) is 3.07. The first-order chi connectivity index (χ1) is 7.76. The number of rotatable bonds is 2. The first kappa shape index (κ1) is 11.2. The summed E-state index contributed by atoms with van der Waals surface area (Å²) in [6.07, 6.45) is 4.70. The maximum Gasteiger partial charge on any atom is 0.102 e. The van der Waals surface area contributed by atoms with Crippen LogP contribution in [0.25, 0.3) is 0 Å². The fourth-order valence-electron chi connectivity index (χ4n) is 2.29. The number of ether oxygens (including phenoxy) is 1. The standard InChI is InChI=1S/C12H17N3O/c1-3-11-10(8-15(2)14-11)12-9(7-13)5-4-6-16-12/h8-9,12H,3-6H2,1-2H3. The van der Waals surface area contributed by atoms with Crippen LogP contribution in [0.1, 0.15) is 37.1 Å². The van der Waals surface area contributed by atoms with Gasteiger partial charge in [-0.15, -0.1) is 0 Å². The molecule has 16 heavy (non-hydrogen) atoms. The molecule has 2 unspecified atom stereocenters. The maximum atomic E-state index is 9.14. The van der Waals surface area contributed by atoms with Gasteiger partial charge in [-0.05, 0) is 19.3 Å². The van der Waals surface area contributed by atoms with Crippen LogP contribution in [0.5, 0.6) is 0 Å². The van der Waals surface area contributed by atoms with E-state index in [0.29, 0.717) is 0 Å². The Kier molecular flexibility index (Phi) is 3.25. The van der Waals surface area contributed by atoms with E-state index in [1.165, 1.54) is 0 Å². The molecule has 1 fully saturated rings. The minimum Gasteiger partial charge on any atom is -0.372 e. The Labute approximate surface area is 95.8 Å². The lowest BCUT2D eigenvalue weighted by molar-refractivity contribution is -0.0106. The minimum absolute atomic E-state index is 0.0248. The molecule has 1 aromatic rings.